The van der Waals surface area contributed by atoms with Gasteiger partial charge in [0.2, 0.25) is 30.1 Å². The van der Waals surface area contributed by atoms with E-state index in [0.29, 0.717) is 60.0 Å². The van der Waals surface area contributed by atoms with Gasteiger partial charge in [-0.25, -0.2) is 25.3 Å². The maximum absolute atomic E-state index is 12.0. The number of nitrogens with zero attached hydrogens (tertiary/aromatic N) is 3. The Labute approximate surface area is 408 Å². The number of hydrogen-bond donors (Lipinski definition) is 4. The van der Waals surface area contributed by atoms with Crippen LogP contribution >= 0.6 is 0 Å². The summed E-state index contributed by atoms with van der Waals surface area (Å²) in [6.07, 6.45) is 4.51. The van der Waals surface area contributed by atoms with E-state index in [0.717, 1.165) is 6.26 Å². The molecule has 0 saturated heterocycles. The molecule has 3 aromatic carbocycles. The van der Waals surface area contributed by atoms with E-state index in [1.807, 2.05) is 47.6 Å². The minimum atomic E-state index is -3.41. The van der Waals surface area contributed by atoms with Crippen molar-refractivity contribution in [3.05, 3.63) is 72.8 Å². The summed E-state index contributed by atoms with van der Waals surface area (Å²) in [7, 11) is -10.1. The van der Waals surface area contributed by atoms with Crippen molar-refractivity contribution < 1.29 is 59.6 Å². The van der Waals surface area contributed by atoms with Gasteiger partial charge in [-0.15, -0.1) is 0 Å². The topological polar surface area (TPSA) is 230 Å². The van der Waals surface area contributed by atoms with Gasteiger partial charge in [0.1, 0.15) is 41.2 Å². The van der Waals surface area contributed by atoms with Gasteiger partial charge in [-0.3, -0.25) is 17.7 Å². The molecule has 17 nitrogen and oxygen atoms in total. The van der Waals surface area contributed by atoms with Crippen molar-refractivity contribution in [3.8, 4) is 17.2 Å². The molecule has 0 aliphatic carbocycles. The molecule has 0 aromatic heterocycles. The van der Waals surface area contributed by atoms with Gasteiger partial charge in [0.15, 0.2) is 0 Å². The summed E-state index contributed by atoms with van der Waals surface area (Å²) in [5.74, 6) is 1.13. The lowest BCUT2D eigenvalue weighted by Crippen LogP contribution is -2.46. The fraction of sp³-hybridized carbons (Fsp3) is 0.604. The van der Waals surface area contributed by atoms with Crippen LogP contribution < -0.4 is 32.4 Å². The summed E-state index contributed by atoms with van der Waals surface area (Å²) in [4.78, 5) is 11.6. The monoisotopic (exact) mass is 1020 g/mol. The molecule has 0 radical (unpaired) electrons. The lowest BCUT2D eigenvalue weighted by Gasteiger charge is -2.36. The van der Waals surface area contributed by atoms with Crippen LogP contribution in [0.1, 0.15) is 109 Å². The molecule has 3 aliphatic rings. The Balaban J connectivity index is 0.000000484. The number of ether oxygens (including phenoxy) is 3. The number of aliphatic hydroxyl groups is 3. The summed E-state index contributed by atoms with van der Waals surface area (Å²) in [5, 5.41) is 31.8. The Morgan fingerprint density at radius 2 is 0.853 bits per heavy atom. The lowest BCUT2D eigenvalue weighted by molar-refractivity contribution is -0.136. The van der Waals surface area contributed by atoms with Crippen molar-refractivity contribution in [1.82, 2.24) is 5.32 Å². The predicted octanol–water partition coefficient (Wildman–Crippen LogP) is 6.71. The van der Waals surface area contributed by atoms with Crippen molar-refractivity contribution in [2.75, 3.05) is 57.9 Å². The molecular formula is C48H80N4O13S3. The molecule has 3 aromatic rings. The van der Waals surface area contributed by atoms with Gasteiger partial charge < -0.3 is 34.8 Å². The minimum absolute atomic E-state index is 0.189. The van der Waals surface area contributed by atoms with Crippen LogP contribution in [-0.2, 0) is 34.9 Å². The van der Waals surface area contributed by atoms with E-state index in [1.165, 1.54) is 39.3 Å². The largest absolute Gasteiger partial charge is 0.486 e. The molecule has 1 amide bonds. The summed E-state index contributed by atoms with van der Waals surface area (Å²) in [6, 6.07) is 21.1. The molecule has 3 heterocycles. The molecule has 0 bridgehead atoms. The van der Waals surface area contributed by atoms with Gasteiger partial charge in [0.25, 0.3) is 5.91 Å². The Morgan fingerprint density at radius 3 is 1.16 bits per heavy atom. The van der Waals surface area contributed by atoms with Crippen LogP contribution in [0.3, 0.4) is 0 Å². The first kappa shape index (κ1) is 61.7. The maximum atomic E-state index is 12.0. The van der Waals surface area contributed by atoms with Crippen LogP contribution in [0.15, 0.2) is 72.8 Å². The molecule has 3 unspecified atom stereocenters. The molecule has 68 heavy (non-hydrogen) atoms. The van der Waals surface area contributed by atoms with E-state index in [1.54, 1.807) is 94.4 Å². The van der Waals surface area contributed by atoms with E-state index in [9.17, 15) is 45.4 Å². The molecular weight excluding hydrogens is 937 g/mol. The number of amides is 1. The van der Waals surface area contributed by atoms with Gasteiger partial charge in [0.05, 0.1) is 66.7 Å². The number of hydrogen-bond acceptors (Lipinski definition) is 13. The highest BCUT2D eigenvalue weighted by Gasteiger charge is 2.35. The molecule has 3 atom stereocenters. The van der Waals surface area contributed by atoms with Crippen molar-refractivity contribution in [2.24, 2.45) is 0 Å². The number of benzene rings is 3. The van der Waals surface area contributed by atoms with E-state index < -0.39 is 52.8 Å². The summed E-state index contributed by atoms with van der Waals surface area (Å²) >= 11 is 0. The van der Waals surface area contributed by atoms with Crippen molar-refractivity contribution >= 4 is 53.0 Å². The normalized spacial score (nSPS) is 17.6. The zero-order valence-electron chi connectivity index (χ0n) is 42.8. The molecule has 0 saturated carbocycles. The van der Waals surface area contributed by atoms with Crippen LogP contribution in [0.4, 0.5) is 17.1 Å². The molecule has 0 fully saturated rings. The summed E-state index contributed by atoms with van der Waals surface area (Å²) in [5.41, 5.74) is -1.48. The molecule has 6 rings (SSSR count). The van der Waals surface area contributed by atoms with E-state index >= 15 is 0 Å². The third-order valence-electron chi connectivity index (χ3n) is 9.70. The fourth-order valence-electron chi connectivity index (χ4n) is 6.77. The molecule has 0 spiro atoms. The number of nitrogens with one attached hydrogen (secondary N) is 1. The first-order valence-electron chi connectivity index (χ1n) is 23.1. The van der Waals surface area contributed by atoms with Crippen molar-refractivity contribution in [2.45, 2.75) is 144 Å². The second-order valence-electron chi connectivity index (χ2n) is 17.5. The average Bonchev–Trinajstić information content (AvgIpc) is 3.25. The number of para-hydroxylation sites is 6. The maximum Gasteiger partial charge on any atom is 0.251 e. The number of carbonyl (C=O) groups is 1. The van der Waals surface area contributed by atoms with Gasteiger partial charge in [0, 0.05) is 19.4 Å². The first-order valence-corrected chi connectivity index (χ1v) is 28.6. The van der Waals surface area contributed by atoms with E-state index in [2.05, 4.69) is 5.32 Å². The Hall–Kier alpha value is -4.34. The third-order valence-corrected chi connectivity index (χ3v) is 13.1. The number of anilines is 3. The highest BCUT2D eigenvalue weighted by Crippen LogP contribution is 2.38. The Morgan fingerprint density at radius 1 is 0.544 bits per heavy atom. The quantitative estimate of drug-likeness (QED) is 0.148. The van der Waals surface area contributed by atoms with Crippen molar-refractivity contribution in [3.63, 3.8) is 0 Å². The summed E-state index contributed by atoms with van der Waals surface area (Å²) < 4.78 is 93.0. The standard InChI is InChI=1S/C15H22N2O5S.C14H21NO4S.C13H19NO4S.3C2H6/c1-15(2,19)14(18)16-9-8-11-10-17(23(3,20)21)12-6-4-5-7-13(12)22-11;1-14(2,16)9-8-11-10-15(20(3,17)18)12-6-4-5-7-13(12)19-11;1-13(2,15)8-10-9-14(19(3,16)17)11-6-4-5-7-12(11)18-10;3*1-2/h4-7,11,19H,8-10H2,1-3H3,(H,16,18);4-7,11,16H,8-10H2,1-3H3;4-7,10,15H,8-9H2,1-3H3;3*1-2H3. The molecule has 4 N–H and O–H groups in total. The van der Waals surface area contributed by atoms with Gasteiger partial charge in [-0.1, -0.05) is 77.9 Å². The number of sulfonamides is 3. The predicted molar refractivity (Wildman–Crippen MR) is 274 cm³/mol. The van der Waals surface area contributed by atoms with Gasteiger partial charge in [-0.05, 0) is 90.8 Å². The molecule has 388 valence electrons. The first-order chi connectivity index (χ1) is 31.4. The second kappa shape index (κ2) is 26.6. The van der Waals surface area contributed by atoms with E-state index in [-0.39, 0.29) is 44.5 Å². The summed E-state index contributed by atoms with van der Waals surface area (Å²) in [6.45, 7) is 22.6. The lowest BCUT2D eigenvalue weighted by atomic mass is 10.00. The SMILES string of the molecule is CC.CC.CC.CC(C)(O)C(=O)NCCC1CN(S(C)(=O)=O)c2ccccc2O1.CC(C)(O)CC1CN(S(C)(=O)=O)c2ccccc2O1.CC(C)(O)CCC1CN(S(C)(=O)=O)c2ccccc2O1. The minimum Gasteiger partial charge on any atom is -0.486 e. The average molecular weight is 1020 g/mol. The van der Waals surface area contributed by atoms with E-state index in [4.69, 9.17) is 14.2 Å². The zero-order valence-corrected chi connectivity index (χ0v) is 45.3. The Bertz CT molecular complexity index is 2340. The van der Waals surface area contributed by atoms with Crippen LogP contribution in [0.25, 0.3) is 0 Å². The van der Waals surface area contributed by atoms with Crippen LogP contribution in [0, 0.1) is 0 Å². The fourth-order valence-corrected chi connectivity index (χ4v) is 9.61. The van der Waals surface area contributed by atoms with Crippen LogP contribution in [0.2, 0.25) is 0 Å². The highest BCUT2D eigenvalue weighted by atomic mass is 32.2. The third kappa shape index (κ3) is 20.3. The smallest absolute Gasteiger partial charge is 0.251 e. The second-order valence-corrected chi connectivity index (χ2v) is 23.2. The van der Waals surface area contributed by atoms with Crippen LogP contribution in [0.5, 0.6) is 17.2 Å². The molecule has 20 heteroatoms. The number of carbonyl (C=O) groups excluding carboxylic acids is 1. The number of fused-ring (bicyclic) bond motifs is 3. The molecule has 3 aliphatic heterocycles. The number of rotatable bonds is 12. The zero-order chi connectivity index (χ0) is 52.5. The Kier molecular flexibility index (Phi) is 24.1. The van der Waals surface area contributed by atoms with Gasteiger partial charge >= 0.3 is 0 Å². The van der Waals surface area contributed by atoms with Gasteiger partial charge in [-0.2, -0.15) is 0 Å². The van der Waals surface area contributed by atoms with Crippen LogP contribution in [-0.4, -0.2) is 127 Å². The highest BCUT2D eigenvalue weighted by molar-refractivity contribution is 7.92. The van der Waals surface area contributed by atoms with Crippen molar-refractivity contribution in [1.29, 1.82) is 0 Å².